The van der Waals surface area contributed by atoms with Crippen molar-refractivity contribution in [2.24, 2.45) is 5.41 Å². The van der Waals surface area contributed by atoms with E-state index in [1.165, 1.54) is 13.2 Å². The first kappa shape index (κ1) is 14.6. The third kappa shape index (κ3) is 2.43. The molecule has 6 heteroatoms. The van der Waals surface area contributed by atoms with Crippen LogP contribution in [-0.4, -0.2) is 31.3 Å². The Labute approximate surface area is 118 Å². The van der Waals surface area contributed by atoms with Crippen molar-refractivity contribution in [3.8, 4) is 5.75 Å². The van der Waals surface area contributed by atoms with Crippen molar-refractivity contribution in [2.45, 2.75) is 32.4 Å². The molecule has 6 nitrogen and oxygen atoms in total. The average Bonchev–Trinajstić information content (AvgIpc) is 2.42. The number of hydrogen-bond donors (Lipinski definition) is 1. The molecule has 0 amide bonds. The van der Waals surface area contributed by atoms with Crippen molar-refractivity contribution in [3.05, 3.63) is 28.3 Å². The van der Waals surface area contributed by atoms with Crippen molar-refractivity contribution >= 4 is 11.4 Å². The van der Waals surface area contributed by atoms with Gasteiger partial charge in [-0.05, 0) is 12.5 Å². The molecule has 2 atom stereocenters. The average molecular weight is 280 g/mol. The molecule has 110 valence electrons. The third-order valence-corrected chi connectivity index (χ3v) is 4.18. The van der Waals surface area contributed by atoms with E-state index in [9.17, 15) is 10.1 Å². The Bertz CT molecular complexity index is 516. The molecule has 0 aliphatic heterocycles. The summed E-state index contributed by atoms with van der Waals surface area (Å²) in [7, 11) is 3.15. The molecular weight excluding hydrogens is 260 g/mol. The van der Waals surface area contributed by atoms with Gasteiger partial charge in [0.1, 0.15) is 0 Å². The molecule has 0 radical (unpaired) electrons. The highest BCUT2D eigenvalue weighted by atomic mass is 16.6. The number of nitrogens with one attached hydrogen (secondary N) is 1. The number of nitro groups is 1. The molecule has 2 rings (SSSR count). The van der Waals surface area contributed by atoms with Crippen LogP contribution in [0.2, 0.25) is 0 Å². The maximum absolute atomic E-state index is 10.9. The van der Waals surface area contributed by atoms with E-state index in [0.29, 0.717) is 0 Å². The number of benzene rings is 1. The Balaban J connectivity index is 2.14. The fourth-order valence-electron chi connectivity index (χ4n) is 2.65. The lowest BCUT2D eigenvalue weighted by Crippen LogP contribution is -2.57. The zero-order chi connectivity index (χ0) is 14.9. The van der Waals surface area contributed by atoms with Gasteiger partial charge in [-0.15, -0.1) is 0 Å². The van der Waals surface area contributed by atoms with E-state index in [-0.39, 0.29) is 29.0 Å². The number of rotatable bonds is 5. The minimum Gasteiger partial charge on any atom is -0.490 e. The zero-order valence-electron chi connectivity index (χ0n) is 12.2. The number of hydrogen-bond acceptors (Lipinski definition) is 5. The van der Waals surface area contributed by atoms with E-state index in [2.05, 4.69) is 19.2 Å². The van der Waals surface area contributed by atoms with E-state index in [0.717, 1.165) is 12.1 Å². The number of methoxy groups -OCH3 is 2. The fourth-order valence-corrected chi connectivity index (χ4v) is 2.65. The molecule has 1 aromatic rings. The van der Waals surface area contributed by atoms with E-state index in [1.807, 2.05) is 0 Å². The van der Waals surface area contributed by atoms with Crippen LogP contribution >= 0.6 is 0 Å². The van der Waals surface area contributed by atoms with Gasteiger partial charge in [0, 0.05) is 36.4 Å². The van der Waals surface area contributed by atoms with Gasteiger partial charge >= 0.3 is 5.69 Å². The lowest BCUT2D eigenvalue weighted by atomic mass is 9.64. The van der Waals surface area contributed by atoms with Gasteiger partial charge in [-0.1, -0.05) is 13.8 Å². The summed E-state index contributed by atoms with van der Waals surface area (Å²) in [6.07, 6.45) is 1.16. The zero-order valence-corrected chi connectivity index (χ0v) is 12.2. The van der Waals surface area contributed by atoms with Crippen LogP contribution < -0.4 is 10.1 Å². The van der Waals surface area contributed by atoms with Crippen molar-refractivity contribution in [1.29, 1.82) is 0 Å². The monoisotopic (exact) mass is 280 g/mol. The summed E-state index contributed by atoms with van der Waals surface area (Å²) < 4.78 is 10.5. The molecule has 2 unspecified atom stereocenters. The molecule has 0 spiro atoms. The standard InChI is InChI=1S/C14H20N2O4/c1-14(2)12(8-13(14)20-4)15-9-5-6-10(16(17)18)11(7-9)19-3/h5-7,12-13,15H,8H2,1-4H3. The Morgan fingerprint density at radius 1 is 1.40 bits per heavy atom. The normalized spacial score (nSPS) is 23.8. The molecule has 1 N–H and O–H groups in total. The molecular formula is C14H20N2O4. The van der Waals surface area contributed by atoms with Gasteiger partial charge < -0.3 is 14.8 Å². The van der Waals surface area contributed by atoms with Gasteiger partial charge in [-0.2, -0.15) is 0 Å². The van der Waals surface area contributed by atoms with E-state index in [4.69, 9.17) is 9.47 Å². The first-order valence-electron chi connectivity index (χ1n) is 6.52. The van der Waals surface area contributed by atoms with Gasteiger partial charge in [0.25, 0.3) is 0 Å². The van der Waals surface area contributed by atoms with Crippen LogP contribution in [0.4, 0.5) is 11.4 Å². The predicted molar refractivity (Wildman–Crippen MR) is 76.3 cm³/mol. The highest BCUT2D eigenvalue weighted by molar-refractivity contribution is 5.58. The van der Waals surface area contributed by atoms with E-state index < -0.39 is 4.92 Å². The SMILES string of the molecule is COc1cc(NC2CC(OC)C2(C)C)ccc1[N+](=O)[O-]. The summed E-state index contributed by atoms with van der Waals surface area (Å²) in [6.45, 7) is 4.29. The van der Waals surface area contributed by atoms with Gasteiger partial charge in [-0.3, -0.25) is 10.1 Å². The number of ether oxygens (including phenoxy) is 2. The second-order valence-corrected chi connectivity index (χ2v) is 5.62. The largest absolute Gasteiger partial charge is 0.490 e. The summed E-state index contributed by atoms with van der Waals surface area (Å²) >= 11 is 0. The molecule has 0 bridgehead atoms. The smallest absolute Gasteiger partial charge is 0.311 e. The minimum absolute atomic E-state index is 0.0271. The highest BCUT2D eigenvalue weighted by Gasteiger charge is 2.48. The van der Waals surface area contributed by atoms with Crippen molar-refractivity contribution in [3.63, 3.8) is 0 Å². The van der Waals surface area contributed by atoms with Crippen LogP contribution in [0.5, 0.6) is 5.75 Å². The maximum Gasteiger partial charge on any atom is 0.311 e. The predicted octanol–water partition coefficient (Wildman–Crippen LogP) is 2.83. The Morgan fingerprint density at radius 3 is 2.60 bits per heavy atom. The minimum atomic E-state index is -0.448. The molecule has 20 heavy (non-hydrogen) atoms. The van der Waals surface area contributed by atoms with Crippen molar-refractivity contribution in [1.82, 2.24) is 0 Å². The highest BCUT2D eigenvalue weighted by Crippen LogP contribution is 2.44. The summed E-state index contributed by atoms with van der Waals surface area (Å²) in [4.78, 5) is 10.4. The van der Waals surface area contributed by atoms with Crippen LogP contribution in [0.1, 0.15) is 20.3 Å². The Kier molecular flexibility index (Phi) is 3.85. The fraction of sp³-hybridized carbons (Fsp3) is 0.571. The molecule has 0 aromatic heterocycles. The second-order valence-electron chi connectivity index (χ2n) is 5.62. The van der Waals surface area contributed by atoms with Gasteiger partial charge in [-0.25, -0.2) is 0 Å². The topological polar surface area (TPSA) is 73.6 Å². The molecule has 1 saturated carbocycles. The lowest BCUT2D eigenvalue weighted by molar-refractivity contribution is -0.385. The first-order chi connectivity index (χ1) is 9.40. The summed E-state index contributed by atoms with van der Waals surface area (Å²) in [5, 5.41) is 14.2. The summed E-state index contributed by atoms with van der Waals surface area (Å²) in [6, 6.07) is 5.10. The van der Waals surface area contributed by atoms with E-state index in [1.54, 1.807) is 19.2 Å². The van der Waals surface area contributed by atoms with Crippen LogP contribution in [0.25, 0.3) is 0 Å². The number of anilines is 1. The number of nitro benzene ring substituents is 1. The van der Waals surface area contributed by atoms with Crippen molar-refractivity contribution in [2.75, 3.05) is 19.5 Å². The van der Waals surface area contributed by atoms with Gasteiger partial charge in [0.05, 0.1) is 18.1 Å². The van der Waals surface area contributed by atoms with Crippen LogP contribution in [-0.2, 0) is 4.74 Å². The van der Waals surface area contributed by atoms with E-state index >= 15 is 0 Å². The Hall–Kier alpha value is -1.82. The molecule has 0 saturated heterocycles. The third-order valence-electron chi connectivity index (χ3n) is 4.18. The first-order valence-corrected chi connectivity index (χ1v) is 6.52. The van der Waals surface area contributed by atoms with Crippen LogP contribution in [0, 0.1) is 15.5 Å². The van der Waals surface area contributed by atoms with Crippen LogP contribution in [0.15, 0.2) is 18.2 Å². The Morgan fingerprint density at radius 2 is 2.10 bits per heavy atom. The maximum atomic E-state index is 10.9. The lowest BCUT2D eigenvalue weighted by Gasteiger charge is -2.51. The molecule has 0 heterocycles. The van der Waals surface area contributed by atoms with Crippen molar-refractivity contribution < 1.29 is 14.4 Å². The quantitative estimate of drug-likeness (QED) is 0.663. The summed E-state index contributed by atoms with van der Waals surface area (Å²) in [5.41, 5.74) is 0.824. The van der Waals surface area contributed by atoms with Crippen LogP contribution in [0.3, 0.4) is 0 Å². The van der Waals surface area contributed by atoms with Gasteiger partial charge in [0.2, 0.25) is 0 Å². The molecule has 1 aliphatic carbocycles. The molecule has 1 fully saturated rings. The second kappa shape index (κ2) is 5.28. The molecule has 1 aromatic carbocycles. The summed E-state index contributed by atoms with van der Waals surface area (Å²) in [5.74, 6) is 0.264. The molecule has 1 aliphatic rings. The number of nitrogens with zero attached hydrogens (tertiary/aromatic N) is 1. The van der Waals surface area contributed by atoms with Gasteiger partial charge in [0.15, 0.2) is 5.75 Å².